The molecule has 2 heterocycles. The minimum absolute atomic E-state index is 0.0863. The second kappa shape index (κ2) is 12.8. The second-order valence-corrected chi connectivity index (χ2v) is 15.5. The molecule has 3 aromatic rings. The molecular weight excluding hydrogens is 591 g/mol. The number of unbranched alkanes of at least 4 members (excludes halogenated alkanes) is 1. The van der Waals surface area contributed by atoms with Crippen LogP contribution in [0.5, 0.6) is 0 Å². The Morgan fingerprint density at radius 2 is 1.73 bits per heavy atom. The van der Waals surface area contributed by atoms with Crippen molar-refractivity contribution in [2.24, 2.45) is 5.10 Å². The van der Waals surface area contributed by atoms with Gasteiger partial charge in [0.05, 0.1) is 17.2 Å². The molecule has 0 radical (unpaired) electrons. The van der Waals surface area contributed by atoms with Gasteiger partial charge in [0.2, 0.25) is 0 Å². The van der Waals surface area contributed by atoms with Crippen molar-refractivity contribution in [2.45, 2.75) is 48.5 Å². The van der Waals surface area contributed by atoms with E-state index in [-0.39, 0.29) is 21.7 Å². The van der Waals surface area contributed by atoms with Crippen LogP contribution in [0.3, 0.4) is 0 Å². The van der Waals surface area contributed by atoms with Gasteiger partial charge in [-0.25, -0.2) is 26.0 Å². The molecule has 2 aromatic carbocycles. The van der Waals surface area contributed by atoms with Crippen molar-refractivity contribution < 1.29 is 26.4 Å². The van der Waals surface area contributed by atoms with Gasteiger partial charge in [0.15, 0.2) is 0 Å². The van der Waals surface area contributed by atoms with E-state index in [1.807, 2.05) is 27.6 Å². The van der Waals surface area contributed by atoms with E-state index in [1.54, 1.807) is 42.6 Å². The second-order valence-electron chi connectivity index (χ2n) is 8.89. The maximum Gasteiger partial charge on any atom is 0.347 e. The van der Waals surface area contributed by atoms with Gasteiger partial charge >= 0.3 is 5.97 Å². The SMILES string of the molecule is CCCCN1N=C(C)C(C(=O)OCC)=S1Cc1ccc(-c2ccccc2S(=O)(=O)NS(=O)(=O)c2cccs2)cc1. The summed E-state index contributed by atoms with van der Waals surface area (Å²) in [4.78, 5) is 13.2. The Labute approximate surface area is 242 Å². The van der Waals surface area contributed by atoms with Gasteiger partial charge in [-0.05, 0) is 48.9 Å². The Morgan fingerprint density at radius 1 is 1.00 bits per heavy atom. The number of sulfonamides is 2. The van der Waals surface area contributed by atoms with Gasteiger partial charge in [0.1, 0.15) is 9.07 Å². The number of ether oxygens (including phenoxy) is 1. The molecule has 214 valence electrons. The third kappa shape index (κ3) is 6.72. The van der Waals surface area contributed by atoms with Crippen molar-refractivity contribution in [2.75, 3.05) is 13.2 Å². The molecule has 40 heavy (non-hydrogen) atoms. The highest BCUT2D eigenvalue weighted by molar-refractivity contribution is 8.15. The van der Waals surface area contributed by atoms with E-state index in [0.717, 1.165) is 36.3 Å². The Kier molecular flexibility index (Phi) is 9.62. The predicted molar refractivity (Wildman–Crippen MR) is 161 cm³/mol. The number of nitrogens with zero attached hydrogens (tertiary/aromatic N) is 2. The average Bonchev–Trinajstić information content (AvgIpc) is 3.57. The molecule has 1 aromatic heterocycles. The molecule has 0 amide bonds. The Morgan fingerprint density at radius 3 is 2.38 bits per heavy atom. The maximum atomic E-state index is 13.2. The quantitative estimate of drug-likeness (QED) is 0.223. The minimum Gasteiger partial charge on any atom is -0.462 e. The Balaban J connectivity index is 1.63. The van der Waals surface area contributed by atoms with Crippen LogP contribution in [0.2, 0.25) is 0 Å². The van der Waals surface area contributed by atoms with Crippen molar-refractivity contribution in [1.29, 1.82) is 0 Å². The smallest absolute Gasteiger partial charge is 0.347 e. The van der Waals surface area contributed by atoms with Crippen LogP contribution in [-0.4, -0.2) is 50.9 Å². The van der Waals surface area contributed by atoms with E-state index in [9.17, 15) is 21.6 Å². The summed E-state index contributed by atoms with van der Waals surface area (Å²) < 4.78 is 60.7. The normalized spacial score (nSPS) is 15.8. The van der Waals surface area contributed by atoms with Gasteiger partial charge in [-0.15, -0.1) is 11.3 Å². The number of carbonyl (C=O) groups is 1. The highest BCUT2D eigenvalue weighted by Crippen LogP contribution is 2.35. The van der Waals surface area contributed by atoms with E-state index in [2.05, 4.69) is 12.0 Å². The molecule has 0 aliphatic carbocycles. The van der Waals surface area contributed by atoms with Gasteiger partial charge in [0.25, 0.3) is 20.0 Å². The fraction of sp³-hybridized carbons (Fsp3) is 0.296. The summed E-state index contributed by atoms with van der Waals surface area (Å²) >= 11 is 0.933. The van der Waals surface area contributed by atoms with Crippen molar-refractivity contribution in [3.63, 3.8) is 0 Å². The third-order valence-corrected chi connectivity index (χ3v) is 13.2. The van der Waals surface area contributed by atoms with Gasteiger partial charge < -0.3 is 4.74 Å². The highest BCUT2D eigenvalue weighted by atomic mass is 32.3. The van der Waals surface area contributed by atoms with E-state index in [0.29, 0.717) is 27.5 Å². The van der Waals surface area contributed by atoms with Crippen molar-refractivity contribution >= 4 is 58.6 Å². The Hall–Kier alpha value is -2.84. The number of hydrogen-bond acceptors (Lipinski definition) is 9. The molecular formula is C27H31N3O6S4. The van der Waals surface area contributed by atoms with E-state index < -0.39 is 30.7 Å². The molecule has 0 saturated carbocycles. The lowest BCUT2D eigenvalue weighted by molar-refractivity contribution is -0.134. The summed E-state index contributed by atoms with van der Waals surface area (Å²) in [5.74, 6) is 0.186. The fourth-order valence-electron chi connectivity index (χ4n) is 4.10. The van der Waals surface area contributed by atoms with Crippen molar-refractivity contribution in [3.8, 4) is 11.1 Å². The minimum atomic E-state index is -4.40. The summed E-state index contributed by atoms with van der Waals surface area (Å²) in [5.41, 5.74) is 2.59. The standard InChI is InChI=1S/C27H31N3O6S4/c1-4-6-17-30-28-20(3)26(27(31)36-5-2)38(30)19-21-13-15-22(16-14-21)23-10-7-8-11-24(23)39(32,33)29-40(34,35)25-12-9-18-37-25/h7-16,18,29H,4-6,17,19H2,1-3H3. The fourth-order valence-corrected chi connectivity index (χ4v) is 10.6. The van der Waals surface area contributed by atoms with Crippen molar-refractivity contribution in [1.82, 2.24) is 8.54 Å². The van der Waals surface area contributed by atoms with E-state index >= 15 is 0 Å². The van der Waals surface area contributed by atoms with Gasteiger partial charge in [0, 0.05) is 17.9 Å². The van der Waals surface area contributed by atoms with Crippen LogP contribution >= 0.6 is 22.0 Å². The molecule has 9 nitrogen and oxygen atoms in total. The molecule has 0 saturated heterocycles. The molecule has 1 atom stereocenters. The molecule has 0 fully saturated rings. The molecule has 1 aliphatic heterocycles. The van der Waals surface area contributed by atoms with Crippen LogP contribution in [0.25, 0.3) is 11.1 Å². The molecule has 1 unspecified atom stereocenters. The lowest BCUT2D eigenvalue weighted by Crippen LogP contribution is -2.30. The van der Waals surface area contributed by atoms with E-state index in [1.165, 1.54) is 18.2 Å². The van der Waals surface area contributed by atoms with Crippen LogP contribution in [0.1, 0.15) is 39.2 Å². The predicted octanol–water partition coefficient (Wildman–Crippen LogP) is 4.99. The first-order valence-corrected chi connectivity index (χ1v) is 17.9. The van der Waals surface area contributed by atoms with Crippen LogP contribution in [0, 0.1) is 0 Å². The monoisotopic (exact) mass is 621 g/mol. The van der Waals surface area contributed by atoms with Gasteiger partial charge in [-0.1, -0.05) is 76.7 Å². The number of rotatable bonds is 12. The first-order valence-electron chi connectivity index (χ1n) is 12.7. The molecule has 13 heteroatoms. The first-order chi connectivity index (χ1) is 19.1. The van der Waals surface area contributed by atoms with Crippen LogP contribution < -0.4 is 4.13 Å². The summed E-state index contributed by atoms with van der Waals surface area (Å²) in [7, 11) is -9.26. The molecule has 1 N–H and O–H groups in total. The summed E-state index contributed by atoms with van der Waals surface area (Å²) in [6.07, 6.45) is 1.94. The lowest BCUT2D eigenvalue weighted by atomic mass is 10.0. The zero-order chi connectivity index (χ0) is 28.9. The number of hydrazone groups is 1. The third-order valence-electron chi connectivity index (χ3n) is 5.97. The number of nitrogens with one attached hydrogen (secondary N) is 1. The number of esters is 1. The number of carbonyl (C=O) groups excluding carboxylic acids is 1. The number of benzene rings is 2. The number of thiophene rings is 1. The maximum absolute atomic E-state index is 13.2. The average molecular weight is 622 g/mol. The number of hydrogen-bond donors (Lipinski definition) is 1. The van der Waals surface area contributed by atoms with Crippen LogP contribution in [0.4, 0.5) is 0 Å². The van der Waals surface area contributed by atoms with Gasteiger partial charge in [-0.2, -0.15) is 5.10 Å². The summed E-state index contributed by atoms with van der Waals surface area (Å²) in [6.45, 7) is 6.71. The molecule has 0 spiro atoms. The first kappa shape index (κ1) is 30.1. The zero-order valence-electron chi connectivity index (χ0n) is 22.4. The van der Waals surface area contributed by atoms with Crippen LogP contribution in [-0.2, 0) is 35.3 Å². The molecule has 1 aliphatic rings. The van der Waals surface area contributed by atoms with Crippen LogP contribution in [0.15, 0.2) is 80.2 Å². The topological polar surface area (TPSA) is 122 Å². The van der Waals surface area contributed by atoms with E-state index in [4.69, 9.17) is 4.74 Å². The largest absolute Gasteiger partial charge is 0.462 e. The van der Waals surface area contributed by atoms with Gasteiger partial charge in [-0.3, -0.25) is 0 Å². The summed E-state index contributed by atoms with van der Waals surface area (Å²) in [6, 6.07) is 16.5. The molecule has 4 rings (SSSR count). The summed E-state index contributed by atoms with van der Waals surface area (Å²) in [5, 5.41) is 6.20. The molecule has 0 bridgehead atoms. The zero-order valence-corrected chi connectivity index (χ0v) is 25.6. The Bertz CT molecular complexity index is 1650. The van der Waals surface area contributed by atoms with Crippen molar-refractivity contribution in [3.05, 3.63) is 71.6 Å². The highest BCUT2D eigenvalue weighted by Gasteiger charge is 2.30. The lowest BCUT2D eigenvalue weighted by Gasteiger charge is -2.20.